The molecule has 1 N–H and O–H groups in total. The summed E-state index contributed by atoms with van der Waals surface area (Å²) in [5.74, 6) is -0.185. The van der Waals surface area contributed by atoms with Crippen LogP contribution < -0.4 is 0 Å². The number of carboxylic acids is 1. The molecule has 0 amide bonds. The predicted octanol–water partition coefficient (Wildman–Crippen LogP) is 4.79. The van der Waals surface area contributed by atoms with Crippen molar-refractivity contribution in [2.45, 2.75) is 72.1 Å². The van der Waals surface area contributed by atoms with Gasteiger partial charge in [-0.3, -0.25) is 0 Å². The second-order valence-corrected chi connectivity index (χ2v) is 4.80. The summed E-state index contributed by atoms with van der Waals surface area (Å²) in [7, 11) is 0. The molecule has 1 unspecified atom stereocenters. The average molecular weight is 240 g/mol. The highest BCUT2D eigenvalue weighted by molar-refractivity contribution is 5.86. The third kappa shape index (κ3) is 8.00. The first kappa shape index (κ1) is 16.2. The Morgan fingerprint density at radius 2 is 1.82 bits per heavy atom. The van der Waals surface area contributed by atoms with E-state index in [-0.39, 0.29) is 0 Å². The summed E-state index contributed by atoms with van der Waals surface area (Å²) in [5, 5.41) is 9.17. The minimum Gasteiger partial charge on any atom is -0.478 e. The molecule has 0 saturated carbocycles. The fourth-order valence-corrected chi connectivity index (χ4v) is 1.99. The van der Waals surface area contributed by atoms with Gasteiger partial charge in [-0.25, -0.2) is 4.79 Å². The number of allylic oxidation sites excluding steroid dienone is 1. The van der Waals surface area contributed by atoms with E-state index in [1.54, 1.807) is 0 Å². The average Bonchev–Trinajstić information content (AvgIpc) is 2.32. The minimum atomic E-state index is -0.726. The van der Waals surface area contributed by atoms with Gasteiger partial charge in [0.1, 0.15) is 0 Å². The van der Waals surface area contributed by atoms with Gasteiger partial charge >= 0.3 is 5.97 Å². The van der Waals surface area contributed by atoms with Gasteiger partial charge in [0.25, 0.3) is 0 Å². The quantitative estimate of drug-likeness (QED) is 0.440. The Kier molecular flexibility index (Phi) is 9.89. The number of unbranched alkanes of at least 4 members (excludes halogenated alkanes) is 3. The topological polar surface area (TPSA) is 37.3 Å². The van der Waals surface area contributed by atoms with E-state index in [2.05, 4.69) is 20.8 Å². The summed E-state index contributed by atoms with van der Waals surface area (Å²) >= 11 is 0. The number of rotatable bonds is 10. The SMILES string of the molecule is CCCC/C=C(/CC(CC)CCCC)C(=O)O. The number of carbonyl (C=O) groups is 1. The van der Waals surface area contributed by atoms with Gasteiger partial charge in [0.05, 0.1) is 0 Å². The molecular formula is C15H28O2. The molecule has 0 saturated heterocycles. The van der Waals surface area contributed by atoms with Crippen molar-refractivity contribution >= 4 is 5.97 Å². The lowest BCUT2D eigenvalue weighted by Gasteiger charge is -2.14. The fraction of sp³-hybridized carbons (Fsp3) is 0.800. The second-order valence-electron chi connectivity index (χ2n) is 4.80. The van der Waals surface area contributed by atoms with Crippen LogP contribution in [0.5, 0.6) is 0 Å². The first-order valence-electron chi connectivity index (χ1n) is 7.07. The molecule has 0 fully saturated rings. The zero-order valence-corrected chi connectivity index (χ0v) is 11.7. The Balaban J connectivity index is 4.29. The van der Waals surface area contributed by atoms with E-state index in [9.17, 15) is 9.90 Å². The number of hydrogen-bond donors (Lipinski definition) is 1. The Morgan fingerprint density at radius 1 is 1.18 bits per heavy atom. The third-order valence-electron chi connectivity index (χ3n) is 3.27. The molecule has 2 heteroatoms. The van der Waals surface area contributed by atoms with E-state index in [0.717, 1.165) is 38.5 Å². The van der Waals surface area contributed by atoms with Gasteiger partial charge in [-0.1, -0.05) is 65.4 Å². The zero-order valence-electron chi connectivity index (χ0n) is 11.7. The predicted molar refractivity (Wildman–Crippen MR) is 73.2 cm³/mol. The maximum absolute atomic E-state index is 11.2. The molecule has 0 bridgehead atoms. The second kappa shape index (κ2) is 10.4. The van der Waals surface area contributed by atoms with Gasteiger partial charge < -0.3 is 5.11 Å². The molecule has 17 heavy (non-hydrogen) atoms. The molecular weight excluding hydrogens is 212 g/mol. The van der Waals surface area contributed by atoms with Crippen LogP contribution in [0.25, 0.3) is 0 Å². The standard InChI is InChI=1S/C15H28O2/c1-4-7-9-11-14(15(16)17)12-13(6-3)10-8-5-2/h11,13H,4-10,12H2,1-3H3,(H,16,17)/b14-11-. The first-order chi connectivity index (χ1) is 8.15. The molecule has 0 aliphatic rings. The van der Waals surface area contributed by atoms with Crippen molar-refractivity contribution in [2.75, 3.05) is 0 Å². The van der Waals surface area contributed by atoms with Crippen LogP contribution in [0.2, 0.25) is 0 Å². The molecule has 0 radical (unpaired) electrons. The Hall–Kier alpha value is -0.790. The lowest BCUT2D eigenvalue weighted by atomic mass is 9.91. The maximum atomic E-state index is 11.2. The molecule has 0 spiro atoms. The van der Waals surface area contributed by atoms with Crippen molar-refractivity contribution in [3.8, 4) is 0 Å². The van der Waals surface area contributed by atoms with E-state index in [4.69, 9.17) is 0 Å². The van der Waals surface area contributed by atoms with E-state index in [0.29, 0.717) is 11.5 Å². The Bertz CT molecular complexity index is 231. The third-order valence-corrected chi connectivity index (χ3v) is 3.27. The van der Waals surface area contributed by atoms with Gasteiger partial charge in [0, 0.05) is 5.57 Å². The zero-order chi connectivity index (χ0) is 13.1. The molecule has 1 atom stereocenters. The van der Waals surface area contributed by atoms with Gasteiger partial charge in [0.15, 0.2) is 0 Å². The van der Waals surface area contributed by atoms with Crippen LogP contribution in [-0.4, -0.2) is 11.1 Å². The summed E-state index contributed by atoms with van der Waals surface area (Å²) < 4.78 is 0. The van der Waals surface area contributed by atoms with Gasteiger partial charge in [-0.05, 0) is 18.8 Å². The van der Waals surface area contributed by atoms with Crippen molar-refractivity contribution in [2.24, 2.45) is 5.92 Å². The summed E-state index contributed by atoms with van der Waals surface area (Å²) in [6, 6.07) is 0. The molecule has 0 aromatic rings. The summed E-state index contributed by atoms with van der Waals surface area (Å²) in [4.78, 5) is 11.2. The van der Waals surface area contributed by atoms with Crippen LogP contribution in [0.3, 0.4) is 0 Å². The van der Waals surface area contributed by atoms with Crippen molar-refractivity contribution in [3.63, 3.8) is 0 Å². The molecule has 100 valence electrons. The molecule has 0 aromatic carbocycles. The highest BCUT2D eigenvalue weighted by Gasteiger charge is 2.13. The van der Waals surface area contributed by atoms with Crippen LogP contribution in [0.4, 0.5) is 0 Å². The van der Waals surface area contributed by atoms with E-state index < -0.39 is 5.97 Å². The van der Waals surface area contributed by atoms with Crippen LogP contribution in [0, 0.1) is 5.92 Å². The number of carboxylic acid groups (broad SMARTS) is 1. The molecule has 0 aliphatic carbocycles. The summed E-state index contributed by atoms with van der Waals surface area (Å²) in [5.41, 5.74) is 0.626. The lowest BCUT2D eigenvalue weighted by molar-refractivity contribution is -0.132. The first-order valence-corrected chi connectivity index (χ1v) is 7.07. The smallest absolute Gasteiger partial charge is 0.331 e. The minimum absolute atomic E-state index is 0.541. The van der Waals surface area contributed by atoms with Gasteiger partial charge in [0.2, 0.25) is 0 Å². The summed E-state index contributed by atoms with van der Waals surface area (Å²) in [6.45, 7) is 6.47. The maximum Gasteiger partial charge on any atom is 0.331 e. The van der Waals surface area contributed by atoms with E-state index in [1.807, 2.05) is 6.08 Å². The van der Waals surface area contributed by atoms with Crippen molar-refractivity contribution in [1.29, 1.82) is 0 Å². The molecule has 0 heterocycles. The van der Waals surface area contributed by atoms with Crippen LogP contribution in [-0.2, 0) is 4.79 Å². The molecule has 2 nitrogen and oxygen atoms in total. The molecule has 0 aliphatic heterocycles. The monoisotopic (exact) mass is 240 g/mol. The van der Waals surface area contributed by atoms with Gasteiger partial charge in [-0.15, -0.1) is 0 Å². The van der Waals surface area contributed by atoms with Crippen molar-refractivity contribution < 1.29 is 9.90 Å². The Labute approximate surface area is 106 Å². The van der Waals surface area contributed by atoms with E-state index in [1.165, 1.54) is 12.8 Å². The van der Waals surface area contributed by atoms with Gasteiger partial charge in [-0.2, -0.15) is 0 Å². The Morgan fingerprint density at radius 3 is 2.29 bits per heavy atom. The lowest BCUT2D eigenvalue weighted by Crippen LogP contribution is -2.08. The van der Waals surface area contributed by atoms with Crippen LogP contribution >= 0.6 is 0 Å². The van der Waals surface area contributed by atoms with E-state index >= 15 is 0 Å². The normalized spacial score (nSPS) is 13.7. The van der Waals surface area contributed by atoms with Crippen LogP contribution in [0.1, 0.15) is 72.1 Å². The fourth-order valence-electron chi connectivity index (χ4n) is 1.99. The highest BCUT2D eigenvalue weighted by Crippen LogP contribution is 2.22. The highest BCUT2D eigenvalue weighted by atomic mass is 16.4. The largest absolute Gasteiger partial charge is 0.478 e. The molecule has 0 aromatic heterocycles. The van der Waals surface area contributed by atoms with Crippen molar-refractivity contribution in [3.05, 3.63) is 11.6 Å². The number of aliphatic carboxylic acids is 1. The van der Waals surface area contributed by atoms with Crippen molar-refractivity contribution in [1.82, 2.24) is 0 Å². The summed E-state index contributed by atoms with van der Waals surface area (Å²) in [6.07, 6.45) is 10.4. The molecule has 0 rings (SSSR count). The number of hydrogen-bond acceptors (Lipinski definition) is 1. The van der Waals surface area contributed by atoms with Crippen LogP contribution in [0.15, 0.2) is 11.6 Å².